The zero-order valence-electron chi connectivity index (χ0n) is 12.2. The van der Waals surface area contributed by atoms with Crippen LogP contribution in [0.4, 0.5) is 5.69 Å². The molecule has 0 radical (unpaired) electrons. The number of benzene rings is 1. The van der Waals surface area contributed by atoms with Gasteiger partial charge in [0.2, 0.25) is 0 Å². The standard InChI is InChI=1S/C16H24N2O2/c1-19-10-8-18(15-6-9-20-12-15)11-14-4-2-3-13-5-7-17-16(13)14/h2-4,15,17H,5-12H2,1H3. The van der Waals surface area contributed by atoms with Gasteiger partial charge in [-0.25, -0.2) is 0 Å². The molecule has 0 aliphatic carbocycles. The maximum atomic E-state index is 5.55. The molecule has 2 aliphatic rings. The van der Waals surface area contributed by atoms with Crippen LogP contribution in [0.25, 0.3) is 0 Å². The Morgan fingerprint density at radius 2 is 2.40 bits per heavy atom. The lowest BCUT2D eigenvalue weighted by molar-refractivity contribution is 0.101. The molecule has 1 saturated heterocycles. The number of para-hydroxylation sites is 1. The first-order chi connectivity index (χ1) is 9.88. The summed E-state index contributed by atoms with van der Waals surface area (Å²) in [6, 6.07) is 7.19. The van der Waals surface area contributed by atoms with Gasteiger partial charge in [0, 0.05) is 45.1 Å². The molecule has 0 saturated carbocycles. The zero-order valence-corrected chi connectivity index (χ0v) is 12.2. The summed E-state index contributed by atoms with van der Waals surface area (Å²) < 4.78 is 10.8. The van der Waals surface area contributed by atoms with Crippen molar-refractivity contribution in [2.75, 3.05) is 45.3 Å². The average Bonchev–Trinajstić information content (AvgIpc) is 3.14. The van der Waals surface area contributed by atoms with Crippen molar-refractivity contribution in [3.05, 3.63) is 29.3 Å². The second-order valence-electron chi connectivity index (χ2n) is 5.61. The van der Waals surface area contributed by atoms with E-state index in [2.05, 4.69) is 28.4 Å². The van der Waals surface area contributed by atoms with Crippen LogP contribution in [-0.4, -0.2) is 51.0 Å². The van der Waals surface area contributed by atoms with Crippen LogP contribution in [-0.2, 0) is 22.4 Å². The van der Waals surface area contributed by atoms with E-state index in [1.807, 2.05) is 0 Å². The number of hydrogen-bond acceptors (Lipinski definition) is 4. The lowest BCUT2D eigenvalue weighted by Gasteiger charge is -2.28. The molecule has 1 atom stereocenters. The summed E-state index contributed by atoms with van der Waals surface area (Å²) in [4.78, 5) is 2.51. The molecule has 1 fully saturated rings. The minimum Gasteiger partial charge on any atom is -0.384 e. The van der Waals surface area contributed by atoms with Gasteiger partial charge in [0.1, 0.15) is 0 Å². The number of methoxy groups -OCH3 is 1. The first-order valence-electron chi connectivity index (χ1n) is 7.54. The summed E-state index contributed by atoms with van der Waals surface area (Å²) in [7, 11) is 1.77. The van der Waals surface area contributed by atoms with Gasteiger partial charge in [0.25, 0.3) is 0 Å². The fourth-order valence-electron chi connectivity index (χ4n) is 3.17. The van der Waals surface area contributed by atoms with Gasteiger partial charge in [-0.2, -0.15) is 0 Å². The first-order valence-corrected chi connectivity index (χ1v) is 7.54. The van der Waals surface area contributed by atoms with Crippen LogP contribution < -0.4 is 5.32 Å². The number of rotatable bonds is 6. The number of ether oxygens (including phenoxy) is 2. The Kier molecular flexibility index (Phi) is 4.55. The summed E-state index contributed by atoms with van der Waals surface area (Å²) >= 11 is 0. The third-order valence-electron chi connectivity index (χ3n) is 4.31. The summed E-state index contributed by atoms with van der Waals surface area (Å²) in [6.45, 7) is 5.53. The van der Waals surface area contributed by atoms with Crippen LogP contribution in [0.15, 0.2) is 18.2 Å². The van der Waals surface area contributed by atoms with Crippen LogP contribution in [0.5, 0.6) is 0 Å². The van der Waals surface area contributed by atoms with E-state index in [0.29, 0.717) is 6.04 Å². The van der Waals surface area contributed by atoms with Gasteiger partial charge in [-0.1, -0.05) is 18.2 Å². The molecule has 1 aromatic rings. The molecule has 3 rings (SSSR count). The molecule has 4 heteroatoms. The highest BCUT2D eigenvalue weighted by Gasteiger charge is 2.24. The normalized spacial score (nSPS) is 21.2. The summed E-state index contributed by atoms with van der Waals surface area (Å²) in [5.74, 6) is 0. The van der Waals surface area contributed by atoms with Crippen molar-refractivity contribution in [2.45, 2.75) is 25.4 Å². The Balaban J connectivity index is 1.73. The van der Waals surface area contributed by atoms with Crippen molar-refractivity contribution in [1.82, 2.24) is 4.90 Å². The van der Waals surface area contributed by atoms with E-state index in [1.54, 1.807) is 7.11 Å². The fraction of sp³-hybridized carbons (Fsp3) is 0.625. The maximum Gasteiger partial charge on any atom is 0.0622 e. The van der Waals surface area contributed by atoms with E-state index in [0.717, 1.165) is 52.3 Å². The number of anilines is 1. The van der Waals surface area contributed by atoms with Crippen molar-refractivity contribution in [3.63, 3.8) is 0 Å². The van der Waals surface area contributed by atoms with Gasteiger partial charge in [-0.15, -0.1) is 0 Å². The SMILES string of the molecule is COCCN(Cc1cccc2c1NCC2)C1CCOC1. The topological polar surface area (TPSA) is 33.7 Å². The minimum absolute atomic E-state index is 0.530. The van der Waals surface area contributed by atoms with E-state index < -0.39 is 0 Å². The van der Waals surface area contributed by atoms with E-state index in [1.165, 1.54) is 16.8 Å². The number of nitrogens with zero attached hydrogens (tertiary/aromatic N) is 1. The Bertz CT molecular complexity index is 444. The second-order valence-corrected chi connectivity index (χ2v) is 5.61. The average molecular weight is 276 g/mol. The van der Waals surface area contributed by atoms with Crippen LogP contribution in [0, 0.1) is 0 Å². The predicted molar refractivity (Wildman–Crippen MR) is 80.1 cm³/mol. The number of nitrogens with one attached hydrogen (secondary N) is 1. The van der Waals surface area contributed by atoms with Crippen LogP contribution in [0.2, 0.25) is 0 Å². The number of fused-ring (bicyclic) bond motifs is 1. The first kappa shape index (κ1) is 13.9. The molecule has 1 unspecified atom stereocenters. The Hall–Kier alpha value is -1.10. The van der Waals surface area contributed by atoms with Crippen molar-refractivity contribution in [3.8, 4) is 0 Å². The van der Waals surface area contributed by atoms with Crippen LogP contribution in [0.3, 0.4) is 0 Å². The summed E-state index contributed by atoms with van der Waals surface area (Å²) in [5.41, 5.74) is 4.22. The molecule has 0 aromatic heterocycles. The maximum absolute atomic E-state index is 5.55. The Morgan fingerprint density at radius 1 is 1.45 bits per heavy atom. The van der Waals surface area contributed by atoms with Gasteiger partial charge in [0.05, 0.1) is 13.2 Å². The third kappa shape index (κ3) is 2.97. The van der Waals surface area contributed by atoms with Gasteiger partial charge in [-0.05, 0) is 24.0 Å². The Morgan fingerprint density at radius 3 is 3.20 bits per heavy atom. The lowest BCUT2D eigenvalue weighted by atomic mass is 10.1. The van der Waals surface area contributed by atoms with E-state index in [9.17, 15) is 0 Å². The van der Waals surface area contributed by atoms with Crippen molar-refractivity contribution in [1.29, 1.82) is 0 Å². The molecule has 0 spiro atoms. The molecule has 1 N–H and O–H groups in total. The molecule has 0 amide bonds. The van der Waals surface area contributed by atoms with Gasteiger partial charge < -0.3 is 14.8 Å². The quantitative estimate of drug-likeness (QED) is 0.860. The van der Waals surface area contributed by atoms with Crippen molar-refractivity contribution < 1.29 is 9.47 Å². The van der Waals surface area contributed by atoms with E-state index in [-0.39, 0.29) is 0 Å². The molecule has 2 heterocycles. The largest absolute Gasteiger partial charge is 0.384 e. The third-order valence-corrected chi connectivity index (χ3v) is 4.31. The fourth-order valence-corrected chi connectivity index (χ4v) is 3.17. The smallest absolute Gasteiger partial charge is 0.0622 e. The van der Waals surface area contributed by atoms with Gasteiger partial charge >= 0.3 is 0 Å². The molecule has 4 nitrogen and oxygen atoms in total. The predicted octanol–water partition coefficient (Wildman–Crippen LogP) is 1.89. The van der Waals surface area contributed by atoms with Gasteiger partial charge in [0.15, 0.2) is 0 Å². The number of hydrogen-bond donors (Lipinski definition) is 1. The highest BCUT2D eigenvalue weighted by atomic mass is 16.5. The van der Waals surface area contributed by atoms with E-state index in [4.69, 9.17) is 9.47 Å². The van der Waals surface area contributed by atoms with Gasteiger partial charge in [-0.3, -0.25) is 4.90 Å². The molecular formula is C16H24N2O2. The van der Waals surface area contributed by atoms with Crippen LogP contribution in [0.1, 0.15) is 17.5 Å². The van der Waals surface area contributed by atoms with Crippen molar-refractivity contribution in [2.24, 2.45) is 0 Å². The zero-order chi connectivity index (χ0) is 13.8. The monoisotopic (exact) mass is 276 g/mol. The van der Waals surface area contributed by atoms with E-state index >= 15 is 0 Å². The van der Waals surface area contributed by atoms with Crippen LogP contribution >= 0.6 is 0 Å². The molecule has 0 bridgehead atoms. The lowest BCUT2D eigenvalue weighted by Crippen LogP contribution is -2.37. The molecule has 20 heavy (non-hydrogen) atoms. The summed E-state index contributed by atoms with van der Waals surface area (Å²) in [6.07, 6.45) is 2.28. The summed E-state index contributed by atoms with van der Waals surface area (Å²) in [5, 5.41) is 3.53. The molecule has 1 aromatic carbocycles. The molecular weight excluding hydrogens is 252 g/mol. The molecule has 2 aliphatic heterocycles. The highest BCUT2D eigenvalue weighted by molar-refractivity contribution is 5.61. The Labute approximate surface area is 121 Å². The van der Waals surface area contributed by atoms with Crippen molar-refractivity contribution >= 4 is 5.69 Å². The second kappa shape index (κ2) is 6.57. The molecule has 110 valence electrons. The minimum atomic E-state index is 0.530. The highest BCUT2D eigenvalue weighted by Crippen LogP contribution is 2.28.